The normalized spacial score (nSPS) is 18.8. The van der Waals surface area contributed by atoms with Crippen molar-refractivity contribution in [2.45, 2.75) is 18.2 Å². The summed E-state index contributed by atoms with van der Waals surface area (Å²) in [7, 11) is -0.000899. The van der Waals surface area contributed by atoms with Crippen molar-refractivity contribution < 1.29 is 13.2 Å². The number of aryl methyl sites for hydroxylation is 1. The second kappa shape index (κ2) is 6.43. The number of hydrogen-bond donors (Lipinski definition) is 0. The number of benzene rings is 1. The van der Waals surface area contributed by atoms with Crippen LogP contribution in [0.15, 0.2) is 36.5 Å². The summed E-state index contributed by atoms with van der Waals surface area (Å²) >= 11 is 0. The molecule has 0 amide bonds. The van der Waals surface area contributed by atoms with Gasteiger partial charge < -0.3 is 4.74 Å². The van der Waals surface area contributed by atoms with E-state index in [-0.39, 0.29) is 11.8 Å². The van der Waals surface area contributed by atoms with Crippen LogP contribution in [-0.4, -0.2) is 42.8 Å². The molecule has 2 aromatic rings. The van der Waals surface area contributed by atoms with Crippen LogP contribution >= 0.6 is 0 Å². The molecule has 1 aliphatic heterocycles. The minimum Gasteiger partial charge on any atom is -0.383 e. The summed E-state index contributed by atoms with van der Waals surface area (Å²) in [5.74, 6) is 0.00123. The topological polar surface area (TPSA) is 64.4 Å². The molecule has 0 N–H and O–H groups in total. The molecule has 1 aromatic heterocycles. The molecule has 1 atom stereocenters. The summed E-state index contributed by atoms with van der Waals surface area (Å²) in [5.41, 5.74) is 2.81. The molecule has 0 unspecified atom stereocenters. The zero-order chi connectivity index (χ0) is 16.4. The third kappa shape index (κ3) is 3.17. The van der Waals surface area contributed by atoms with Crippen molar-refractivity contribution in [1.82, 2.24) is 14.1 Å². The molecule has 7 heteroatoms. The highest BCUT2D eigenvalue weighted by molar-refractivity contribution is 7.88. The number of rotatable bonds is 5. The van der Waals surface area contributed by atoms with Gasteiger partial charge in [0.15, 0.2) is 0 Å². The van der Waals surface area contributed by atoms with Crippen LogP contribution in [0, 0.1) is 0 Å². The average Bonchev–Trinajstić information content (AvgIpc) is 2.90. The first-order valence-corrected chi connectivity index (χ1v) is 9.17. The molecule has 23 heavy (non-hydrogen) atoms. The summed E-state index contributed by atoms with van der Waals surface area (Å²) in [6.45, 7) is 0.780. The van der Waals surface area contributed by atoms with Crippen LogP contribution in [0.5, 0.6) is 0 Å². The Kier molecular flexibility index (Phi) is 4.52. The number of ether oxygens (including phenoxy) is 1. The van der Waals surface area contributed by atoms with Crippen LogP contribution in [0.25, 0.3) is 0 Å². The van der Waals surface area contributed by atoms with Crippen molar-refractivity contribution in [2.75, 3.05) is 20.3 Å². The Hall–Kier alpha value is -1.70. The molecular weight excluding hydrogens is 314 g/mol. The van der Waals surface area contributed by atoms with E-state index in [1.807, 2.05) is 43.6 Å². The fourth-order valence-corrected chi connectivity index (χ4v) is 4.86. The maximum atomic E-state index is 12.9. The second-order valence-corrected chi connectivity index (χ2v) is 7.67. The predicted octanol–water partition coefficient (Wildman–Crippen LogP) is 1.50. The van der Waals surface area contributed by atoms with Gasteiger partial charge in [-0.05, 0) is 17.5 Å². The third-order valence-electron chi connectivity index (χ3n) is 4.20. The Morgan fingerprint density at radius 2 is 2.04 bits per heavy atom. The fourth-order valence-electron chi connectivity index (χ4n) is 3.16. The van der Waals surface area contributed by atoms with E-state index in [1.54, 1.807) is 16.1 Å². The van der Waals surface area contributed by atoms with Crippen molar-refractivity contribution in [3.05, 3.63) is 53.3 Å². The van der Waals surface area contributed by atoms with Crippen LogP contribution < -0.4 is 0 Å². The van der Waals surface area contributed by atoms with Gasteiger partial charge in [0.1, 0.15) is 0 Å². The SMILES string of the molecule is COC[C@H]1c2c(cnn2C)CCN1S(=O)(=O)Cc1ccccc1. The summed E-state index contributed by atoms with van der Waals surface area (Å²) in [5, 5.41) is 4.27. The highest BCUT2D eigenvalue weighted by Gasteiger charge is 2.37. The first-order chi connectivity index (χ1) is 11.0. The van der Waals surface area contributed by atoms with E-state index in [4.69, 9.17) is 4.74 Å². The van der Waals surface area contributed by atoms with Gasteiger partial charge in [-0.15, -0.1) is 0 Å². The van der Waals surface area contributed by atoms with Crippen LogP contribution in [-0.2, 0) is 34.0 Å². The summed E-state index contributed by atoms with van der Waals surface area (Å²) in [4.78, 5) is 0. The van der Waals surface area contributed by atoms with Crippen molar-refractivity contribution >= 4 is 10.0 Å². The van der Waals surface area contributed by atoms with Crippen LogP contribution in [0.2, 0.25) is 0 Å². The fraction of sp³-hybridized carbons (Fsp3) is 0.438. The lowest BCUT2D eigenvalue weighted by Gasteiger charge is -2.34. The second-order valence-electron chi connectivity index (χ2n) is 5.75. The highest BCUT2D eigenvalue weighted by Crippen LogP contribution is 2.32. The smallest absolute Gasteiger partial charge is 0.218 e. The number of sulfonamides is 1. The summed E-state index contributed by atoms with van der Waals surface area (Å²) in [6.07, 6.45) is 2.50. The third-order valence-corrected chi connectivity index (χ3v) is 6.05. The van der Waals surface area contributed by atoms with Gasteiger partial charge >= 0.3 is 0 Å². The summed E-state index contributed by atoms with van der Waals surface area (Å²) in [6, 6.07) is 8.93. The number of hydrogen-bond acceptors (Lipinski definition) is 4. The van der Waals surface area contributed by atoms with Gasteiger partial charge in [-0.1, -0.05) is 30.3 Å². The number of nitrogens with zero attached hydrogens (tertiary/aromatic N) is 3. The lowest BCUT2D eigenvalue weighted by molar-refractivity contribution is 0.123. The Balaban J connectivity index is 1.93. The van der Waals surface area contributed by atoms with Gasteiger partial charge in [-0.2, -0.15) is 9.40 Å². The Bertz CT molecular complexity index is 771. The van der Waals surface area contributed by atoms with E-state index >= 15 is 0 Å². The molecule has 0 bridgehead atoms. The van der Waals surface area contributed by atoms with E-state index in [0.717, 1.165) is 16.8 Å². The molecule has 0 spiro atoms. The van der Waals surface area contributed by atoms with Crippen LogP contribution in [0.1, 0.15) is 22.9 Å². The molecule has 3 rings (SSSR count). The quantitative estimate of drug-likeness (QED) is 0.830. The molecule has 0 saturated carbocycles. The van der Waals surface area contributed by atoms with E-state index in [0.29, 0.717) is 19.6 Å². The predicted molar refractivity (Wildman–Crippen MR) is 87.3 cm³/mol. The zero-order valence-electron chi connectivity index (χ0n) is 13.3. The standard InChI is InChI=1S/C16H21N3O3S/c1-18-16-14(10-17-18)8-9-19(15(16)11-22-2)23(20,21)12-13-6-4-3-5-7-13/h3-7,10,15H,8-9,11-12H2,1-2H3/t15-/m0/s1. The van der Waals surface area contributed by atoms with E-state index in [2.05, 4.69) is 5.10 Å². The molecule has 0 radical (unpaired) electrons. The minimum atomic E-state index is -3.43. The first kappa shape index (κ1) is 16.2. The van der Waals surface area contributed by atoms with Gasteiger partial charge in [-0.3, -0.25) is 4.68 Å². The van der Waals surface area contributed by atoms with Crippen LogP contribution in [0.4, 0.5) is 0 Å². The van der Waals surface area contributed by atoms with Gasteiger partial charge in [0.05, 0.1) is 30.3 Å². The number of methoxy groups -OCH3 is 1. The Labute approximate surface area is 136 Å². The molecule has 0 saturated heterocycles. The van der Waals surface area contributed by atoms with E-state index < -0.39 is 10.0 Å². The Morgan fingerprint density at radius 1 is 1.30 bits per heavy atom. The molecule has 0 fully saturated rings. The van der Waals surface area contributed by atoms with Gasteiger partial charge in [0.2, 0.25) is 10.0 Å². The summed E-state index contributed by atoms with van der Waals surface area (Å²) < 4.78 is 34.5. The first-order valence-electron chi connectivity index (χ1n) is 7.56. The maximum absolute atomic E-state index is 12.9. The van der Waals surface area contributed by atoms with Crippen LogP contribution in [0.3, 0.4) is 0 Å². The molecule has 2 heterocycles. The lowest BCUT2D eigenvalue weighted by atomic mass is 10.0. The van der Waals surface area contributed by atoms with Crippen molar-refractivity contribution in [2.24, 2.45) is 7.05 Å². The minimum absolute atomic E-state index is 0.00123. The lowest BCUT2D eigenvalue weighted by Crippen LogP contribution is -2.43. The highest BCUT2D eigenvalue weighted by atomic mass is 32.2. The molecule has 124 valence electrons. The number of aromatic nitrogens is 2. The molecular formula is C16H21N3O3S. The zero-order valence-corrected chi connectivity index (χ0v) is 14.2. The maximum Gasteiger partial charge on any atom is 0.218 e. The average molecular weight is 335 g/mol. The monoisotopic (exact) mass is 335 g/mol. The van der Waals surface area contributed by atoms with Gasteiger partial charge in [-0.25, -0.2) is 8.42 Å². The van der Waals surface area contributed by atoms with E-state index in [1.165, 1.54) is 0 Å². The molecule has 0 aliphatic carbocycles. The molecule has 1 aliphatic rings. The molecule has 6 nitrogen and oxygen atoms in total. The van der Waals surface area contributed by atoms with Crippen molar-refractivity contribution in [1.29, 1.82) is 0 Å². The van der Waals surface area contributed by atoms with Gasteiger partial charge in [0, 0.05) is 20.7 Å². The largest absolute Gasteiger partial charge is 0.383 e. The number of fused-ring (bicyclic) bond motifs is 1. The van der Waals surface area contributed by atoms with Gasteiger partial charge in [0.25, 0.3) is 0 Å². The molecule has 1 aromatic carbocycles. The Morgan fingerprint density at radius 3 is 2.74 bits per heavy atom. The van der Waals surface area contributed by atoms with Crippen molar-refractivity contribution in [3.8, 4) is 0 Å². The van der Waals surface area contributed by atoms with Crippen molar-refractivity contribution in [3.63, 3.8) is 0 Å². The van der Waals surface area contributed by atoms with E-state index in [9.17, 15) is 8.42 Å².